The molecule has 1 amide bonds. The minimum absolute atomic E-state index is 0.0169. The summed E-state index contributed by atoms with van der Waals surface area (Å²) in [5.74, 6) is -0.338. The SMILES string of the molecule is O=C(C=Cc1cccc([N+](=O)[O-])c1)Nc1nc2c(s1)-c1cccc3cccc-2c13. The maximum absolute atomic E-state index is 12.3. The predicted molar refractivity (Wildman–Crippen MR) is 115 cm³/mol. The number of thiazole rings is 1. The van der Waals surface area contributed by atoms with Gasteiger partial charge in [-0.25, -0.2) is 4.98 Å². The monoisotopic (exact) mass is 399 g/mol. The normalized spacial score (nSPS) is 11.7. The van der Waals surface area contributed by atoms with Gasteiger partial charge >= 0.3 is 0 Å². The standard InChI is InChI=1S/C22H13N3O3S/c26-18(11-10-13-4-1-7-15(12-13)25(27)28)23-22-24-20-16-8-2-5-14-6-3-9-17(19(14)16)21(20)29-22/h1-12H,(H,23,24,26). The highest BCUT2D eigenvalue weighted by Crippen LogP contribution is 2.50. The van der Waals surface area contributed by atoms with Crippen LogP contribution in [0.3, 0.4) is 0 Å². The van der Waals surface area contributed by atoms with E-state index in [1.807, 2.05) is 18.2 Å². The Labute approximate surface area is 169 Å². The number of hydrogen-bond donors (Lipinski definition) is 1. The Balaban J connectivity index is 1.38. The third-order valence-corrected chi connectivity index (χ3v) is 5.77. The first-order valence-corrected chi connectivity index (χ1v) is 9.68. The van der Waals surface area contributed by atoms with Crippen LogP contribution in [0, 0.1) is 10.1 Å². The van der Waals surface area contributed by atoms with Crippen LogP contribution in [0.1, 0.15) is 5.56 Å². The Hall–Kier alpha value is -3.84. The number of aromatic nitrogens is 1. The largest absolute Gasteiger partial charge is 0.298 e. The molecule has 0 atom stereocenters. The summed E-state index contributed by atoms with van der Waals surface area (Å²) >= 11 is 1.44. The molecule has 29 heavy (non-hydrogen) atoms. The lowest BCUT2D eigenvalue weighted by Gasteiger charge is -2.02. The molecule has 0 saturated heterocycles. The third kappa shape index (κ3) is 2.97. The molecule has 0 unspecified atom stereocenters. The summed E-state index contributed by atoms with van der Waals surface area (Å²) in [5.41, 5.74) is 3.67. The third-order valence-electron chi connectivity index (χ3n) is 4.77. The highest BCUT2D eigenvalue weighted by Gasteiger charge is 2.25. The second-order valence-electron chi connectivity index (χ2n) is 6.58. The van der Waals surface area contributed by atoms with Crippen molar-refractivity contribution in [1.29, 1.82) is 0 Å². The van der Waals surface area contributed by atoms with Crippen LogP contribution in [-0.2, 0) is 4.79 Å². The molecule has 0 spiro atoms. The Kier molecular flexibility index (Phi) is 3.96. The van der Waals surface area contributed by atoms with Crippen LogP contribution in [-0.4, -0.2) is 15.8 Å². The molecular weight excluding hydrogens is 386 g/mol. The minimum Gasteiger partial charge on any atom is -0.298 e. The van der Waals surface area contributed by atoms with Gasteiger partial charge < -0.3 is 0 Å². The molecule has 0 bridgehead atoms. The minimum atomic E-state index is -0.465. The summed E-state index contributed by atoms with van der Waals surface area (Å²) in [6.07, 6.45) is 2.89. The smallest absolute Gasteiger partial charge is 0.270 e. The number of fused-ring (bicyclic) bond motifs is 3. The Morgan fingerprint density at radius 1 is 1.07 bits per heavy atom. The fourth-order valence-electron chi connectivity index (χ4n) is 3.53. The first-order valence-electron chi connectivity index (χ1n) is 8.87. The van der Waals surface area contributed by atoms with Crippen molar-refractivity contribution in [2.45, 2.75) is 0 Å². The first kappa shape index (κ1) is 17.3. The van der Waals surface area contributed by atoms with Gasteiger partial charge in [-0.2, -0.15) is 0 Å². The molecule has 0 fully saturated rings. The lowest BCUT2D eigenvalue weighted by Crippen LogP contribution is -2.07. The lowest BCUT2D eigenvalue weighted by molar-refractivity contribution is -0.384. The zero-order valence-electron chi connectivity index (χ0n) is 15.0. The highest BCUT2D eigenvalue weighted by molar-refractivity contribution is 7.20. The second-order valence-corrected chi connectivity index (χ2v) is 7.58. The number of carbonyl (C=O) groups excluding carboxylic acids is 1. The van der Waals surface area contributed by atoms with E-state index in [1.54, 1.807) is 18.2 Å². The van der Waals surface area contributed by atoms with Gasteiger partial charge in [0.1, 0.15) is 0 Å². The number of non-ortho nitro benzene ring substituents is 1. The van der Waals surface area contributed by atoms with Gasteiger partial charge in [0, 0.05) is 29.3 Å². The fourth-order valence-corrected chi connectivity index (χ4v) is 4.54. The Morgan fingerprint density at radius 2 is 1.83 bits per heavy atom. The van der Waals surface area contributed by atoms with Gasteiger partial charge in [0.15, 0.2) is 5.13 Å². The average molecular weight is 399 g/mol. The number of anilines is 1. The van der Waals surface area contributed by atoms with E-state index in [0.29, 0.717) is 10.7 Å². The van der Waals surface area contributed by atoms with Crippen LogP contribution in [0.5, 0.6) is 0 Å². The zero-order chi connectivity index (χ0) is 20.0. The van der Waals surface area contributed by atoms with Crippen molar-refractivity contribution in [1.82, 2.24) is 4.98 Å². The van der Waals surface area contributed by atoms with E-state index in [-0.39, 0.29) is 11.6 Å². The van der Waals surface area contributed by atoms with Gasteiger partial charge in [-0.05, 0) is 22.4 Å². The van der Waals surface area contributed by atoms with Crippen LogP contribution >= 0.6 is 11.3 Å². The summed E-state index contributed by atoms with van der Waals surface area (Å²) < 4.78 is 0. The highest BCUT2D eigenvalue weighted by atomic mass is 32.1. The molecule has 1 aliphatic rings. The van der Waals surface area contributed by atoms with Crippen molar-refractivity contribution >= 4 is 44.9 Å². The van der Waals surface area contributed by atoms with Crippen LogP contribution in [0.15, 0.2) is 66.7 Å². The second kappa shape index (κ2) is 6.65. The maximum atomic E-state index is 12.3. The number of benzene rings is 3. The average Bonchev–Trinajstić information content (AvgIpc) is 3.26. The van der Waals surface area contributed by atoms with Crippen molar-refractivity contribution in [2.24, 2.45) is 0 Å². The molecule has 1 N–H and O–H groups in total. The number of nitro groups is 1. The predicted octanol–water partition coefficient (Wildman–Crippen LogP) is 5.50. The quantitative estimate of drug-likeness (QED) is 0.245. The van der Waals surface area contributed by atoms with Gasteiger partial charge in [-0.3, -0.25) is 20.2 Å². The lowest BCUT2D eigenvalue weighted by atomic mass is 10.0. The molecular formula is C22H13N3O3S. The van der Waals surface area contributed by atoms with Gasteiger partial charge in [0.2, 0.25) is 5.91 Å². The summed E-state index contributed by atoms with van der Waals surface area (Å²) in [7, 11) is 0. The van der Waals surface area contributed by atoms with E-state index in [0.717, 1.165) is 21.7 Å². The van der Waals surface area contributed by atoms with Gasteiger partial charge in [0.05, 0.1) is 15.5 Å². The zero-order valence-corrected chi connectivity index (χ0v) is 15.8. The molecule has 4 aromatic rings. The van der Waals surface area contributed by atoms with E-state index in [4.69, 9.17) is 0 Å². The fraction of sp³-hybridized carbons (Fsp3) is 0. The molecule has 1 heterocycles. The number of hydrogen-bond acceptors (Lipinski definition) is 5. The molecule has 5 rings (SSSR count). The molecule has 7 heteroatoms. The number of nitro benzene ring substituents is 1. The van der Waals surface area contributed by atoms with Gasteiger partial charge in [0.25, 0.3) is 5.69 Å². The van der Waals surface area contributed by atoms with E-state index >= 15 is 0 Å². The van der Waals surface area contributed by atoms with E-state index in [9.17, 15) is 14.9 Å². The molecule has 6 nitrogen and oxygen atoms in total. The number of nitrogens with one attached hydrogen (secondary N) is 1. The molecule has 0 aliphatic heterocycles. The van der Waals surface area contributed by atoms with Gasteiger partial charge in [-0.15, -0.1) is 0 Å². The van der Waals surface area contributed by atoms with Crippen molar-refractivity contribution in [3.63, 3.8) is 0 Å². The number of nitrogens with zero attached hydrogens (tertiary/aromatic N) is 2. The summed E-state index contributed by atoms with van der Waals surface area (Å²) in [4.78, 5) is 28.4. The van der Waals surface area contributed by atoms with E-state index < -0.39 is 4.92 Å². The van der Waals surface area contributed by atoms with Gasteiger partial charge in [-0.1, -0.05) is 59.9 Å². The Morgan fingerprint density at radius 3 is 2.62 bits per heavy atom. The van der Waals surface area contributed by atoms with E-state index in [1.165, 1.54) is 40.3 Å². The van der Waals surface area contributed by atoms with Crippen LogP contribution in [0.25, 0.3) is 38.5 Å². The molecule has 1 aromatic heterocycles. The molecule has 3 aromatic carbocycles. The first-order chi connectivity index (χ1) is 14.1. The number of rotatable bonds is 4. The summed E-state index contributed by atoms with van der Waals surface area (Å²) in [6, 6.07) is 18.4. The topological polar surface area (TPSA) is 85.1 Å². The van der Waals surface area contributed by atoms with Crippen molar-refractivity contribution in [3.8, 4) is 21.7 Å². The van der Waals surface area contributed by atoms with Crippen molar-refractivity contribution < 1.29 is 9.72 Å². The van der Waals surface area contributed by atoms with Crippen molar-refractivity contribution in [3.05, 3.63) is 82.4 Å². The maximum Gasteiger partial charge on any atom is 0.270 e. The number of carbonyl (C=O) groups is 1. The molecule has 0 saturated carbocycles. The summed E-state index contributed by atoms with van der Waals surface area (Å²) in [5, 5.41) is 16.5. The van der Waals surface area contributed by atoms with Crippen LogP contribution < -0.4 is 5.32 Å². The van der Waals surface area contributed by atoms with Crippen LogP contribution in [0.2, 0.25) is 0 Å². The molecule has 140 valence electrons. The van der Waals surface area contributed by atoms with E-state index in [2.05, 4.69) is 28.5 Å². The Bertz CT molecular complexity index is 1280. The van der Waals surface area contributed by atoms with Crippen LogP contribution in [0.4, 0.5) is 10.8 Å². The number of amides is 1. The molecule has 0 radical (unpaired) electrons. The van der Waals surface area contributed by atoms with Crippen molar-refractivity contribution in [2.75, 3.05) is 5.32 Å². The molecule has 1 aliphatic carbocycles. The summed E-state index contributed by atoms with van der Waals surface area (Å²) in [6.45, 7) is 0.